The SMILES string of the molecule is CCC(C)(C)OC(=O)NCCC1CCC(CO)CC1. The van der Waals surface area contributed by atoms with E-state index < -0.39 is 0 Å². The van der Waals surface area contributed by atoms with E-state index in [2.05, 4.69) is 5.32 Å². The highest BCUT2D eigenvalue weighted by Gasteiger charge is 2.22. The standard InChI is InChI=1S/C15H29NO3/c1-4-15(2,3)19-14(18)16-10-9-12-5-7-13(11-17)8-6-12/h12-13,17H,4-11H2,1-3H3,(H,16,18). The predicted octanol–water partition coefficient (Wildman–Crippen LogP) is 3.09. The molecular formula is C15H29NO3. The largest absolute Gasteiger partial charge is 0.444 e. The zero-order valence-electron chi connectivity index (χ0n) is 12.6. The third kappa shape index (κ3) is 6.28. The summed E-state index contributed by atoms with van der Waals surface area (Å²) in [6.45, 7) is 6.86. The van der Waals surface area contributed by atoms with Gasteiger partial charge in [-0.05, 0) is 51.4 Å². The highest BCUT2D eigenvalue weighted by atomic mass is 16.6. The summed E-state index contributed by atoms with van der Waals surface area (Å²) in [7, 11) is 0. The van der Waals surface area contributed by atoms with E-state index in [-0.39, 0.29) is 11.7 Å². The molecule has 1 rings (SSSR count). The monoisotopic (exact) mass is 271 g/mol. The third-order valence-electron chi connectivity index (χ3n) is 4.27. The molecule has 0 heterocycles. The number of alkyl carbamates (subject to hydrolysis) is 1. The second kappa shape index (κ2) is 7.73. The summed E-state index contributed by atoms with van der Waals surface area (Å²) in [5, 5.41) is 11.9. The van der Waals surface area contributed by atoms with Gasteiger partial charge in [0.15, 0.2) is 0 Å². The van der Waals surface area contributed by atoms with E-state index in [0.717, 1.165) is 25.7 Å². The highest BCUT2D eigenvalue weighted by molar-refractivity contribution is 5.67. The van der Waals surface area contributed by atoms with Crippen molar-refractivity contribution in [1.82, 2.24) is 5.32 Å². The quantitative estimate of drug-likeness (QED) is 0.780. The Hall–Kier alpha value is -0.770. The Balaban J connectivity index is 2.12. The minimum absolute atomic E-state index is 0.309. The van der Waals surface area contributed by atoms with Crippen LogP contribution in [-0.2, 0) is 4.74 Å². The van der Waals surface area contributed by atoms with Gasteiger partial charge in [0.1, 0.15) is 5.60 Å². The molecule has 0 aliphatic heterocycles. The van der Waals surface area contributed by atoms with Crippen LogP contribution in [0.25, 0.3) is 0 Å². The van der Waals surface area contributed by atoms with Crippen LogP contribution in [0.5, 0.6) is 0 Å². The van der Waals surface area contributed by atoms with Crippen LogP contribution in [-0.4, -0.2) is 30.0 Å². The lowest BCUT2D eigenvalue weighted by molar-refractivity contribution is 0.0360. The van der Waals surface area contributed by atoms with Gasteiger partial charge >= 0.3 is 6.09 Å². The lowest BCUT2D eigenvalue weighted by Gasteiger charge is -2.27. The van der Waals surface area contributed by atoms with E-state index >= 15 is 0 Å². The van der Waals surface area contributed by atoms with Gasteiger partial charge in [-0.3, -0.25) is 0 Å². The van der Waals surface area contributed by atoms with Gasteiger partial charge in [-0.2, -0.15) is 0 Å². The van der Waals surface area contributed by atoms with Crippen LogP contribution in [0.1, 0.15) is 59.3 Å². The summed E-state index contributed by atoms with van der Waals surface area (Å²) in [6, 6.07) is 0. The van der Waals surface area contributed by atoms with Crippen molar-refractivity contribution in [3.05, 3.63) is 0 Å². The molecule has 1 aliphatic rings. The molecule has 0 bridgehead atoms. The molecule has 0 aromatic heterocycles. The number of carbonyl (C=O) groups is 1. The molecule has 0 unspecified atom stereocenters. The number of carbonyl (C=O) groups excluding carboxylic acids is 1. The van der Waals surface area contributed by atoms with Crippen molar-refractivity contribution >= 4 is 6.09 Å². The number of hydrogen-bond donors (Lipinski definition) is 2. The van der Waals surface area contributed by atoms with E-state index in [1.165, 1.54) is 12.8 Å². The first-order chi connectivity index (χ1) is 8.96. The summed E-state index contributed by atoms with van der Waals surface area (Å²) in [4.78, 5) is 11.6. The van der Waals surface area contributed by atoms with Gasteiger partial charge < -0.3 is 15.2 Å². The maximum Gasteiger partial charge on any atom is 0.407 e. The third-order valence-corrected chi connectivity index (χ3v) is 4.27. The van der Waals surface area contributed by atoms with Crippen molar-refractivity contribution in [3.63, 3.8) is 0 Å². The molecular weight excluding hydrogens is 242 g/mol. The molecule has 4 heteroatoms. The molecule has 0 spiro atoms. The molecule has 0 saturated heterocycles. The van der Waals surface area contributed by atoms with Gasteiger partial charge in [-0.15, -0.1) is 0 Å². The average Bonchev–Trinajstić information content (AvgIpc) is 2.39. The van der Waals surface area contributed by atoms with E-state index in [0.29, 0.717) is 25.0 Å². The Morgan fingerprint density at radius 1 is 1.26 bits per heavy atom. The van der Waals surface area contributed by atoms with Crippen LogP contribution in [0.4, 0.5) is 4.79 Å². The van der Waals surface area contributed by atoms with Gasteiger partial charge in [0.05, 0.1) is 0 Å². The summed E-state index contributed by atoms with van der Waals surface area (Å²) in [6.07, 6.45) is 6.09. The van der Waals surface area contributed by atoms with Gasteiger partial charge in [0.2, 0.25) is 0 Å². The average molecular weight is 271 g/mol. The molecule has 2 N–H and O–H groups in total. The maximum absolute atomic E-state index is 11.6. The topological polar surface area (TPSA) is 58.6 Å². The summed E-state index contributed by atoms with van der Waals surface area (Å²) >= 11 is 0. The fourth-order valence-electron chi connectivity index (χ4n) is 2.44. The Kier molecular flexibility index (Phi) is 6.63. The minimum atomic E-state index is -0.386. The van der Waals surface area contributed by atoms with Gasteiger partial charge in [-0.1, -0.05) is 19.8 Å². The maximum atomic E-state index is 11.6. The molecule has 1 fully saturated rings. The Bertz CT molecular complexity index is 271. The van der Waals surface area contributed by atoms with Crippen molar-refractivity contribution in [3.8, 4) is 0 Å². The van der Waals surface area contributed by atoms with Gasteiger partial charge in [0.25, 0.3) is 0 Å². The molecule has 0 aromatic rings. The lowest BCUT2D eigenvalue weighted by atomic mass is 9.81. The van der Waals surface area contributed by atoms with E-state index in [1.807, 2.05) is 20.8 Å². The molecule has 1 aliphatic carbocycles. The minimum Gasteiger partial charge on any atom is -0.444 e. The number of nitrogens with one attached hydrogen (secondary N) is 1. The Morgan fingerprint density at radius 2 is 1.84 bits per heavy atom. The van der Waals surface area contributed by atoms with Crippen molar-refractivity contribution in [2.75, 3.05) is 13.2 Å². The Morgan fingerprint density at radius 3 is 2.37 bits per heavy atom. The van der Waals surface area contributed by atoms with Crippen molar-refractivity contribution in [2.45, 2.75) is 64.9 Å². The number of hydrogen-bond acceptors (Lipinski definition) is 3. The summed E-state index contributed by atoms with van der Waals surface area (Å²) in [5.41, 5.74) is -0.386. The van der Waals surface area contributed by atoms with Gasteiger partial charge in [0, 0.05) is 13.2 Å². The number of aliphatic hydroxyl groups excluding tert-OH is 1. The van der Waals surface area contributed by atoms with E-state index in [1.54, 1.807) is 0 Å². The van der Waals surface area contributed by atoms with Crippen LogP contribution in [0, 0.1) is 11.8 Å². The molecule has 0 atom stereocenters. The summed E-state index contributed by atoms with van der Waals surface area (Å²) in [5.74, 6) is 1.18. The lowest BCUT2D eigenvalue weighted by Crippen LogP contribution is -2.35. The fourth-order valence-corrected chi connectivity index (χ4v) is 2.44. The highest BCUT2D eigenvalue weighted by Crippen LogP contribution is 2.30. The second-order valence-electron chi connectivity index (χ2n) is 6.29. The molecule has 0 aromatic carbocycles. The summed E-state index contributed by atoms with van der Waals surface area (Å²) < 4.78 is 5.33. The molecule has 1 amide bonds. The number of amides is 1. The van der Waals surface area contributed by atoms with Crippen LogP contribution >= 0.6 is 0 Å². The molecule has 112 valence electrons. The number of aliphatic hydroxyl groups is 1. The molecule has 0 radical (unpaired) electrons. The predicted molar refractivity (Wildman–Crippen MR) is 76.0 cm³/mol. The number of rotatable bonds is 6. The Labute approximate surface area is 116 Å². The van der Waals surface area contributed by atoms with Crippen LogP contribution in [0.15, 0.2) is 0 Å². The van der Waals surface area contributed by atoms with Crippen molar-refractivity contribution in [1.29, 1.82) is 0 Å². The van der Waals surface area contributed by atoms with Crippen LogP contribution in [0.2, 0.25) is 0 Å². The first-order valence-electron chi connectivity index (χ1n) is 7.54. The first-order valence-corrected chi connectivity index (χ1v) is 7.54. The van der Waals surface area contributed by atoms with Gasteiger partial charge in [-0.25, -0.2) is 4.79 Å². The normalized spacial score (nSPS) is 24.0. The zero-order valence-corrected chi connectivity index (χ0v) is 12.6. The number of ether oxygens (including phenoxy) is 1. The second-order valence-corrected chi connectivity index (χ2v) is 6.29. The van der Waals surface area contributed by atoms with E-state index in [9.17, 15) is 4.79 Å². The molecule has 1 saturated carbocycles. The van der Waals surface area contributed by atoms with Crippen LogP contribution < -0.4 is 5.32 Å². The smallest absolute Gasteiger partial charge is 0.407 e. The molecule has 4 nitrogen and oxygen atoms in total. The van der Waals surface area contributed by atoms with E-state index in [4.69, 9.17) is 9.84 Å². The molecule has 19 heavy (non-hydrogen) atoms. The van der Waals surface area contributed by atoms with Crippen LogP contribution in [0.3, 0.4) is 0 Å². The van der Waals surface area contributed by atoms with Crippen molar-refractivity contribution in [2.24, 2.45) is 11.8 Å². The fraction of sp³-hybridized carbons (Fsp3) is 0.933. The first kappa shape index (κ1) is 16.3. The zero-order chi connectivity index (χ0) is 14.3. The van der Waals surface area contributed by atoms with Crippen molar-refractivity contribution < 1.29 is 14.6 Å².